The van der Waals surface area contributed by atoms with Crippen LogP contribution >= 0.6 is 0 Å². The quantitative estimate of drug-likeness (QED) is 0.742. The van der Waals surface area contributed by atoms with E-state index in [4.69, 9.17) is 9.57 Å². The van der Waals surface area contributed by atoms with Crippen LogP contribution in [-0.2, 0) is 16.1 Å². The fraction of sp³-hybridized carbons (Fsp3) is 0.333. The van der Waals surface area contributed by atoms with Crippen LogP contribution in [0.2, 0.25) is 0 Å². The predicted octanol–water partition coefficient (Wildman–Crippen LogP) is 0.132. The van der Waals surface area contributed by atoms with E-state index in [9.17, 15) is 9.90 Å². The van der Waals surface area contributed by atoms with E-state index in [-0.39, 0.29) is 6.42 Å². The summed E-state index contributed by atoms with van der Waals surface area (Å²) >= 11 is 0. The number of carbonyl (C=O) groups is 1. The molecule has 2 rings (SSSR count). The van der Waals surface area contributed by atoms with Crippen LogP contribution in [0.15, 0.2) is 29.4 Å². The first-order chi connectivity index (χ1) is 8.19. The second-order valence-electron chi connectivity index (χ2n) is 3.80. The van der Waals surface area contributed by atoms with Crippen molar-refractivity contribution >= 4 is 11.7 Å². The maximum atomic E-state index is 10.6. The minimum Gasteiger partial charge on any atom is -0.546 e. The largest absolute Gasteiger partial charge is 0.546 e. The van der Waals surface area contributed by atoms with E-state index in [1.165, 1.54) is 0 Å². The predicted molar refractivity (Wildman–Crippen MR) is 58.6 cm³/mol. The smallest absolute Gasteiger partial charge is 0.172 e. The third-order valence-electron chi connectivity index (χ3n) is 2.54. The average Bonchev–Trinajstić information content (AvgIpc) is 2.78. The number of carboxylic acids is 1. The van der Waals surface area contributed by atoms with Gasteiger partial charge in [0.2, 0.25) is 0 Å². The Kier molecular flexibility index (Phi) is 3.27. The van der Waals surface area contributed by atoms with Gasteiger partial charge in [0, 0.05) is 12.8 Å². The van der Waals surface area contributed by atoms with Gasteiger partial charge in [-0.2, -0.15) is 0 Å². The highest BCUT2D eigenvalue weighted by atomic mass is 16.7. The van der Waals surface area contributed by atoms with Crippen molar-refractivity contribution in [2.24, 2.45) is 5.16 Å². The number of rotatable bonds is 4. The fourth-order valence-corrected chi connectivity index (χ4v) is 1.68. The van der Waals surface area contributed by atoms with E-state index in [2.05, 4.69) is 5.16 Å². The molecule has 1 aliphatic heterocycles. The summed E-state index contributed by atoms with van der Waals surface area (Å²) in [6.07, 6.45) is -0.115. The molecule has 1 aliphatic rings. The van der Waals surface area contributed by atoms with E-state index in [1.54, 1.807) is 7.11 Å². The number of hydrogen-bond donors (Lipinski definition) is 0. The molecule has 17 heavy (non-hydrogen) atoms. The summed E-state index contributed by atoms with van der Waals surface area (Å²) in [6, 6.07) is 7.54. The number of benzene rings is 1. The normalized spacial score (nSPS) is 18.4. The highest BCUT2D eigenvalue weighted by Crippen LogP contribution is 2.17. The molecular weight excluding hydrogens is 222 g/mol. The first-order valence-electron chi connectivity index (χ1n) is 5.24. The number of methoxy groups -OCH3 is 1. The zero-order chi connectivity index (χ0) is 12.3. The number of nitrogens with zero attached hydrogens (tertiary/aromatic N) is 1. The summed E-state index contributed by atoms with van der Waals surface area (Å²) in [5, 5.41) is 14.3. The first kappa shape index (κ1) is 11.4. The number of carboxylic acid groups (broad SMARTS) is 1. The molecule has 0 aromatic heterocycles. The van der Waals surface area contributed by atoms with Crippen LogP contribution < -0.4 is 9.84 Å². The van der Waals surface area contributed by atoms with Crippen LogP contribution in [0.1, 0.15) is 12.0 Å². The fourth-order valence-electron chi connectivity index (χ4n) is 1.68. The molecule has 0 radical (unpaired) electrons. The number of carbonyl (C=O) groups excluding carboxylic acids is 1. The van der Waals surface area contributed by atoms with Crippen molar-refractivity contribution in [2.75, 3.05) is 7.11 Å². The van der Waals surface area contributed by atoms with Crippen molar-refractivity contribution in [1.29, 1.82) is 0 Å². The number of oxime groups is 1. The average molecular weight is 234 g/mol. The molecular formula is C12H12NO4-. The summed E-state index contributed by atoms with van der Waals surface area (Å²) in [7, 11) is 1.60. The van der Waals surface area contributed by atoms with Gasteiger partial charge in [0.1, 0.15) is 5.75 Å². The maximum Gasteiger partial charge on any atom is 0.172 e. The van der Waals surface area contributed by atoms with Crippen molar-refractivity contribution in [2.45, 2.75) is 18.9 Å². The summed E-state index contributed by atoms with van der Waals surface area (Å²) in [5.74, 6) is -0.465. The Labute approximate surface area is 98.6 Å². The van der Waals surface area contributed by atoms with Gasteiger partial charge in [0.15, 0.2) is 6.10 Å². The zero-order valence-corrected chi connectivity index (χ0v) is 9.38. The van der Waals surface area contributed by atoms with Gasteiger partial charge in [-0.15, -0.1) is 0 Å². The lowest BCUT2D eigenvalue weighted by Gasteiger charge is -2.07. The van der Waals surface area contributed by atoms with E-state index in [0.29, 0.717) is 12.1 Å². The minimum atomic E-state index is -1.23. The molecule has 90 valence electrons. The van der Waals surface area contributed by atoms with E-state index in [0.717, 1.165) is 11.3 Å². The van der Waals surface area contributed by atoms with E-state index >= 15 is 0 Å². The second kappa shape index (κ2) is 4.86. The molecule has 1 atom stereocenters. The lowest BCUT2D eigenvalue weighted by molar-refractivity contribution is -0.315. The van der Waals surface area contributed by atoms with Gasteiger partial charge >= 0.3 is 0 Å². The molecule has 0 amide bonds. The molecule has 0 fully saturated rings. The van der Waals surface area contributed by atoms with E-state index in [1.807, 2.05) is 24.3 Å². The molecule has 0 aliphatic carbocycles. The highest BCUT2D eigenvalue weighted by Gasteiger charge is 2.21. The number of aliphatic carboxylic acids is 1. The molecule has 5 nitrogen and oxygen atoms in total. The second-order valence-corrected chi connectivity index (χ2v) is 3.80. The van der Waals surface area contributed by atoms with Gasteiger partial charge < -0.3 is 19.5 Å². The lowest BCUT2D eigenvalue weighted by atomic mass is 10.0. The topological polar surface area (TPSA) is 71.0 Å². The van der Waals surface area contributed by atoms with Crippen molar-refractivity contribution in [3.05, 3.63) is 29.8 Å². The third kappa shape index (κ3) is 2.75. The SMILES string of the molecule is COc1cccc(CC2=NO[C@H](C(=O)[O-])C2)c1. The van der Waals surface area contributed by atoms with Crippen LogP contribution in [0.4, 0.5) is 0 Å². The van der Waals surface area contributed by atoms with Crippen molar-refractivity contribution in [3.8, 4) is 5.75 Å². The molecule has 0 unspecified atom stereocenters. The molecule has 1 aromatic rings. The zero-order valence-electron chi connectivity index (χ0n) is 9.38. The summed E-state index contributed by atoms with van der Waals surface area (Å²) in [4.78, 5) is 15.3. The van der Waals surface area contributed by atoms with Crippen LogP contribution in [0.5, 0.6) is 5.75 Å². The van der Waals surface area contributed by atoms with Gasteiger partial charge in [-0.3, -0.25) is 0 Å². The minimum absolute atomic E-state index is 0.277. The Morgan fingerprint density at radius 2 is 2.47 bits per heavy atom. The maximum absolute atomic E-state index is 10.6. The molecule has 0 bridgehead atoms. The summed E-state index contributed by atoms with van der Waals surface area (Å²) in [5.41, 5.74) is 1.71. The number of hydrogen-bond acceptors (Lipinski definition) is 5. The third-order valence-corrected chi connectivity index (χ3v) is 2.54. The van der Waals surface area contributed by atoms with Crippen molar-refractivity contribution < 1.29 is 19.5 Å². The van der Waals surface area contributed by atoms with Crippen molar-refractivity contribution in [1.82, 2.24) is 0 Å². The monoisotopic (exact) mass is 234 g/mol. The number of ether oxygens (including phenoxy) is 1. The Bertz CT molecular complexity index is 456. The Hall–Kier alpha value is -2.04. The van der Waals surface area contributed by atoms with Gasteiger partial charge in [0.25, 0.3) is 0 Å². The van der Waals surface area contributed by atoms with Crippen LogP contribution in [0.25, 0.3) is 0 Å². The summed E-state index contributed by atoms with van der Waals surface area (Å²) in [6.45, 7) is 0. The highest BCUT2D eigenvalue weighted by molar-refractivity contribution is 5.91. The summed E-state index contributed by atoms with van der Waals surface area (Å²) < 4.78 is 5.10. The molecule has 0 saturated heterocycles. The van der Waals surface area contributed by atoms with Gasteiger partial charge in [-0.05, 0) is 17.7 Å². The lowest BCUT2D eigenvalue weighted by Crippen LogP contribution is -2.35. The molecule has 1 heterocycles. The van der Waals surface area contributed by atoms with E-state index < -0.39 is 12.1 Å². The Morgan fingerprint density at radius 1 is 1.65 bits per heavy atom. The molecule has 1 aromatic carbocycles. The molecule has 0 N–H and O–H groups in total. The van der Waals surface area contributed by atoms with Crippen LogP contribution in [0, 0.1) is 0 Å². The Balaban J connectivity index is 2.00. The standard InChI is InChI=1S/C12H13NO4/c1-16-10-4-2-3-8(6-10)5-9-7-11(12(14)15)17-13-9/h2-4,6,11H,5,7H2,1H3,(H,14,15)/p-1/t11-/m0/s1. The van der Waals surface area contributed by atoms with Gasteiger partial charge in [-0.25, -0.2) is 0 Å². The molecule has 0 spiro atoms. The van der Waals surface area contributed by atoms with Crippen LogP contribution in [-0.4, -0.2) is 24.9 Å². The van der Waals surface area contributed by atoms with Crippen molar-refractivity contribution in [3.63, 3.8) is 0 Å². The Morgan fingerprint density at radius 3 is 3.12 bits per heavy atom. The first-order valence-corrected chi connectivity index (χ1v) is 5.24. The van der Waals surface area contributed by atoms with Crippen LogP contribution in [0.3, 0.4) is 0 Å². The molecule has 5 heteroatoms. The van der Waals surface area contributed by atoms with Gasteiger partial charge in [0.05, 0.1) is 18.8 Å². The van der Waals surface area contributed by atoms with Gasteiger partial charge in [-0.1, -0.05) is 17.3 Å². The molecule has 0 saturated carbocycles.